The summed E-state index contributed by atoms with van der Waals surface area (Å²) in [4.78, 5) is 15.1. The number of nitrogens with zero attached hydrogens (tertiary/aromatic N) is 2. The molecule has 0 radical (unpaired) electrons. The Morgan fingerprint density at radius 3 is 1.27 bits per heavy atom. The van der Waals surface area contributed by atoms with Crippen LogP contribution in [0.2, 0.25) is 0 Å². The smallest absolute Gasteiger partial charge is 0.305 e. The number of carbonyl (C=O) groups is 1. The van der Waals surface area contributed by atoms with Crippen molar-refractivity contribution in [3.63, 3.8) is 0 Å². The Hall–Kier alpha value is -0.850. The topological polar surface area (TPSA) is 154 Å². The van der Waals surface area contributed by atoms with Crippen LogP contribution in [-0.2, 0) is 9.53 Å². The highest BCUT2D eigenvalue weighted by Gasteiger charge is 2.38. The monoisotopic (exact) mass is 592 g/mol. The van der Waals surface area contributed by atoms with Crippen LogP contribution in [-0.4, -0.2) is 128 Å². The summed E-state index contributed by atoms with van der Waals surface area (Å²) in [5.41, 5.74) is 0. The van der Waals surface area contributed by atoms with E-state index in [1.165, 1.54) is 7.11 Å². The maximum absolute atomic E-state index is 11.7. The number of hydrogen-bond donors (Lipinski definition) is 6. The van der Waals surface area contributed by atoms with Gasteiger partial charge in [0, 0.05) is 44.7 Å². The third-order valence-electron chi connectivity index (χ3n) is 7.53. The normalized spacial score (nSPS) is 18.1. The molecule has 0 aliphatic heterocycles. The second-order valence-electron chi connectivity index (χ2n) is 12.2. The van der Waals surface area contributed by atoms with E-state index in [4.69, 9.17) is 4.74 Å². The first kappa shape index (κ1) is 40.1. The van der Waals surface area contributed by atoms with E-state index in [-0.39, 0.29) is 32.1 Å². The van der Waals surface area contributed by atoms with Gasteiger partial charge >= 0.3 is 5.97 Å². The molecule has 0 aromatic carbocycles. The predicted molar refractivity (Wildman–Crippen MR) is 163 cm³/mol. The number of rotatable bonds is 26. The van der Waals surface area contributed by atoms with E-state index in [0.29, 0.717) is 19.3 Å². The average molecular weight is 593 g/mol. The molecule has 41 heavy (non-hydrogen) atoms. The van der Waals surface area contributed by atoms with Gasteiger partial charge in [-0.1, -0.05) is 58.3 Å². The molecule has 0 aromatic heterocycles. The van der Waals surface area contributed by atoms with Gasteiger partial charge in [0.05, 0.1) is 43.7 Å². The summed E-state index contributed by atoms with van der Waals surface area (Å²) in [5.74, 6) is -0.210. The van der Waals surface area contributed by atoms with Crippen molar-refractivity contribution in [3.05, 3.63) is 0 Å². The molecular formula is C31H64N2O8. The second kappa shape index (κ2) is 23.6. The van der Waals surface area contributed by atoms with Crippen LogP contribution in [0.15, 0.2) is 0 Å². The van der Waals surface area contributed by atoms with Crippen LogP contribution >= 0.6 is 0 Å². The first-order valence-electron chi connectivity index (χ1n) is 16.0. The van der Waals surface area contributed by atoms with Crippen LogP contribution in [0, 0.1) is 0 Å². The molecule has 10 nitrogen and oxygen atoms in total. The van der Waals surface area contributed by atoms with Crippen molar-refractivity contribution in [1.82, 2.24) is 9.80 Å². The average Bonchev–Trinajstić information content (AvgIpc) is 2.87. The van der Waals surface area contributed by atoms with E-state index in [0.717, 1.165) is 57.8 Å². The van der Waals surface area contributed by atoms with Crippen molar-refractivity contribution in [2.45, 2.75) is 160 Å². The fourth-order valence-electron chi connectivity index (χ4n) is 5.68. The first-order chi connectivity index (χ1) is 19.3. The molecule has 8 unspecified atom stereocenters. The van der Waals surface area contributed by atoms with Crippen LogP contribution in [0.4, 0.5) is 0 Å². The molecule has 0 rings (SSSR count). The number of aliphatic hydroxyl groups is 6. The third-order valence-corrected chi connectivity index (χ3v) is 7.53. The minimum atomic E-state index is -1.17. The van der Waals surface area contributed by atoms with Crippen molar-refractivity contribution in [2.75, 3.05) is 33.3 Å². The lowest BCUT2D eigenvalue weighted by molar-refractivity contribution is -0.140. The predicted octanol–water partition coefficient (Wildman–Crippen LogP) is 2.45. The Bertz CT molecular complexity index is 615. The van der Waals surface area contributed by atoms with Gasteiger partial charge in [0.15, 0.2) is 0 Å². The molecule has 0 saturated heterocycles. The van der Waals surface area contributed by atoms with Crippen molar-refractivity contribution in [2.24, 2.45) is 0 Å². The minimum Gasteiger partial charge on any atom is -0.469 e. The van der Waals surface area contributed by atoms with Crippen molar-refractivity contribution < 1.29 is 40.2 Å². The number of aliphatic hydroxyl groups excluding tert-OH is 6. The van der Waals surface area contributed by atoms with Gasteiger partial charge in [-0.2, -0.15) is 0 Å². The van der Waals surface area contributed by atoms with Crippen LogP contribution in [0.3, 0.4) is 0 Å². The van der Waals surface area contributed by atoms with E-state index < -0.39 is 48.7 Å². The molecule has 0 bridgehead atoms. The maximum atomic E-state index is 11.7. The van der Waals surface area contributed by atoms with Gasteiger partial charge < -0.3 is 35.4 Å². The lowest BCUT2D eigenvalue weighted by Gasteiger charge is -2.43. The Kier molecular flexibility index (Phi) is 23.1. The summed E-state index contributed by atoms with van der Waals surface area (Å²) in [6, 6.07) is -0.991. The van der Waals surface area contributed by atoms with E-state index >= 15 is 0 Å². The Labute approximate surface area is 249 Å². The molecule has 10 heteroatoms. The molecule has 246 valence electrons. The SMILES string of the molecule is CCCCCCC(C(O)C(O)C(CCCCCCCC(=O)OC)N(CC(C)O)CC(C)O)N(CC(C)O)CC(C)O. The number of unbranched alkanes of at least 4 members (excludes halogenated alkanes) is 7. The highest BCUT2D eigenvalue weighted by atomic mass is 16.5. The number of ether oxygens (including phenoxy) is 1. The van der Waals surface area contributed by atoms with Gasteiger partial charge in [-0.25, -0.2) is 0 Å². The maximum Gasteiger partial charge on any atom is 0.305 e. The molecule has 0 heterocycles. The Morgan fingerprint density at radius 2 is 0.927 bits per heavy atom. The van der Waals surface area contributed by atoms with Crippen LogP contribution in [0.25, 0.3) is 0 Å². The van der Waals surface area contributed by atoms with Gasteiger partial charge in [0.1, 0.15) is 0 Å². The molecule has 0 fully saturated rings. The second-order valence-corrected chi connectivity index (χ2v) is 12.2. The molecule has 0 spiro atoms. The fourth-order valence-corrected chi connectivity index (χ4v) is 5.68. The number of hydrogen-bond acceptors (Lipinski definition) is 10. The molecule has 6 N–H and O–H groups in total. The fraction of sp³-hybridized carbons (Fsp3) is 0.968. The molecule has 0 amide bonds. The molecular weight excluding hydrogens is 528 g/mol. The largest absolute Gasteiger partial charge is 0.469 e. The molecule has 0 saturated carbocycles. The zero-order chi connectivity index (χ0) is 31.4. The minimum absolute atomic E-state index is 0.210. The Morgan fingerprint density at radius 1 is 0.585 bits per heavy atom. The highest BCUT2D eigenvalue weighted by Crippen LogP contribution is 2.24. The van der Waals surface area contributed by atoms with Crippen LogP contribution in [0.5, 0.6) is 0 Å². The van der Waals surface area contributed by atoms with Crippen molar-refractivity contribution in [3.8, 4) is 0 Å². The number of esters is 1. The van der Waals surface area contributed by atoms with E-state index in [2.05, 4.69) is 6.92 Å². The summed E-state index contributed by atoms with van der Waals surface area (Å²) in [7, 11) is 1.39. The Balaban J connectivity index is 5.88. The quantitative estimate of drug-likeness (QED) is 0.0652. The summed E-state index contributed by atoms with van der Waals surface area (Å²) in [6.07, 6.45) is 4.71. The third kappa shape index (κ3) is 19.1. The van der Waals surface area contributed by atoms with Gasteiger partial charge in [-0.3, -0.25) is 14.6 Å². The summed E-state index contributed by atoms with van der Waals surface area (Å²) < 4.78 is 4.69. The number of carbonyl (C=O) groups excluding carboxylic acids is 1. The highest BCUT2D eigenvalue weighted by molar-refractivity contribution is 5.68. The summed E-state index contributed by atoms with van der Waals surface area (Å²) in [5, 5.41) is 64.3. The molecule has 0 aromatic rings. The van der Waals surface area contributed by atoms with Gasteiger partial charge in [-0.15, -0.1) is 0 Å². The standard InChI is InChI=1S/C31H64N2O8/c1-7-8-9-13-16-27(32(19-23(2)34)20-24(3)35)30(39)31(40)28(33(21-25(4)36)22-26(5)37)17-14-11-10-12-15-18-29(38)41-6/h23-28,30-31,34-37,39-40H,7-22H2,1-6H3. The van der Waals surface area contributed by atoms with E-state index in [1.807, 2.05) is 9.80 Å². The molecule has 0 aliphatic carbocycles. The van der Waals surface area contributed by atoms with Gasteiger partial charge in [0.25, 0.3) is 0 Å². The lowest BCUT2D eigenvalue weighted by Crippen LogP contribution is -2.59. The van der Waals surface area contributed by atoms with Crippen molar-refractivity contribution >= 4 is 5.97 Å². The number of methoxy groups -OCH3 is 1. The molecule has 8 atom stereocenters. The summed E-state index contributed by atoms with van der Waals surface area (Å²) in [6.45, 7) is 9.81. The van der Waals surface area contributed by atoms with Crippen LogP contribution < -0.4 is 0 Å². The zero-order valence-corrected chi connectivity index (χ0v) is 26.8. The first-order valence-corrected chi connectivity index (χ1v) is 16.0. The van der Waals surface area contributed by atoms with Gasteiger partial charge in [-0.05, 0) is 47.0 Å². The van der Waals surface area contributed by atoms with Crippen LogP contribution in [0.1, 0.15) is 112 Å². The molecule has 0 aliphatic rings. The van der Waals surface area contributed by atoms with E-state index in [9.17, 15) is 35.4 Å². The lowest BCUT2D eigenvalue weighted by atomic mass is 9.89. The summed E-state index contributed by atoms with van der Waals surface area (Å²) >= 11 is 0. The van der Waals surface area contributed by atoms with Gasteiger partial charge in [0.2, 0.25) is 0 Å². The zero-order valence-electron chi connectivity index (χ0n) is 26.8. The van der Waals surface area contributed by atoms with E-state index in [1.54, 1.807) is 27.7 Å². The van der Waals surface area contributed by atoms with Crippen molar-refractivity contribution in [1.29, 1.82) is 0 Å².